The first kappa shape index (κ1) is 41.0. The van der Waals surface area contributed by atoms with Crippen molar-refractivity contribution in [2.24, 2.45) is 0 Å². The van der Waals surface area contributed by atoms with E-state index in [1.54, 1.807) is 0 Å². The molecule has 6 heterocycles. The average Bonchev–Trinajstić information content (AvgIpc) is 4.12. The minimum Gasteiger partial charge on any atom is -0.492 e. The van der Waals surface area contributed by atoms with Gasteiger partial charge in [-0.25, -0.2) is 0 Å². The molecule has 0 fully saturated rings. The fraction of sp³-hybridized carbons (Fsp3) is 0.345. The van der Waals surface area contributed by atoms with Crippen LogP contribution in [-0.4, -0.2) is 32.2 Å². The van der Waals surface area contributed by atoms with Gasteiger partial charge in [-0.05, 0) is 83.6 Å². The zero-order chi connectivity index (χ0) is 44.2. The summed E-state index contributed by atoms with van der Waals surface area (Å²) in [5.74, 6) is 5.44. The molecule has 65 heavy (non-hydrogen) atoms. The Morgan fingerprint density at radius 2 is 0.754 bits per heavy atom. The lowest BCUT2D eigenvalue weighted by Gasteiger charge is -2.51. The Morgan fingerprint density at radius 1 is 0.431 bits per heavy atom. The van der Waals surface area contributed by atoms with E-state index in [2.05, 4.69) is 139 Å². The van der Waals surface area contributed by atoms with Gasteiger partial charge in [-0.1, -0.05) is 88.4 Å². The molecule has 10 heteroatoms. The second-order valence-corrected chi connectivity index (χ2v) is 23.2. The van der Waals surface area contributed by atoms with Gasteiger partial charge in [0.15, 0.2) is 39.3 Å². The number of fused-ring (bicyclic) bond motifs is 6. The van der Waals surface area contributed by atoms with Crippen LogP contribution in [0.2, 0.25) is 0 Å². The molecule has 332 valence electrons. The molecular weight excluding hydrogens is 851 g/mol. The maximum atomic E-state index is 7.52. The van der Waals surface area contributed by atoms with Crippen LogP contribution in [0.5, 0.6) is 46.0 Å². The monoisotopic (exact) mass is 904 g/mol. The van der Waals surface area contributed by atoms with Crippen molar-refractivity contribution in [2.45, 2.75) is 96.7 Å². The first-order chi connectivity index (χ1) is 31.4. The molecule has 0 radical (unpaired) electrons. The van der Waals surface area contributed by atoms with Crippen LogP contribution in [-0.2, 0) is 36.5 Å². The third kappa shape index (κ3) is 6.92. The van der Waals surface area contributed by atoms with Gasteiger partial charge in [-0.2, -0.15) is 0 Å². The number of rotatable bonds is 8. The summed E-state index contributed by atoms with van der Waals surface area (Å²) in [6, 6.07) is 34.6. The molecule has 0 bridgehead atoms. The van der Waals surface area contributed by atoms with Crippen molar-refractivity contribution in [3.05, 3.63) is 142 Å². The van der Waals surface area contributed by atoms with E-state index in [1.165, 1.54) is 22.3 Å². The fourth-order valence-electron chi connectivity index (χ4n) is 11.1. The van der Waals surface area contributed by atoms with E-state index in [4.69, 9.17) is 37.5 Å². The largest absolute Gasteiger partial charge is 0.492 e. The quantitative estimate of drug-likeness (QED) is 0.140. The highest BCUT2D eigenvalue weighted by atomic mass is 31.1. The summed E-state index contributed by atoms with van der Waals surface area (Å²) in [5.41, 5.74) is 8.52. The number of aryl methyl sites for hydroxylation is 2. The van der Waals surface area contributed by atoms with Gasteiger partial charge in [-0.3, -0.25) is 0 Å². The Kier molecular flexibility index (Phi) is 9.68. The van der Waals surface area contributed by atoms with E-state index in [0.717, 1.165) is 92.2 Å². The van der Waals surface area contributed by atoms with E-state index < -0.39 is 22.1 Å². The number of ether oxygens (including phenoxy) is 6. The minimum atomic E-state index is -1.46. The van der Waals surface area contributed by atoms with Gasteiger partial charge >= 0.3 is 0 Å². The smallest absolute Gasteiger partial charge is 0.253 e. The molecule has 0 saturated carbocycles. The number of para-hydroxylation sites is 4. The van der Waals surface area contributed by atoms with Gasteiger partial charge in [-0.15, -0.1) is 0 Å². The molecule has 0 unspecified atom stereocenters. The lowest BCUT2D eigenvalue weighted by Crippen LogP contribution is -2.55. The van der Waals surface area contributed by atoms with Gasteiger partial charge in [0.2, 0.25) is 0 Å². The number of hydrogen-bond acceptors (Lipinski definition) is 8. The molecule has 0 N–H and O–H groups in total. The molecule has 6 aliphatic heterocycles. The number of hydrogen-bond donors (Lipinski definition) is 0. The summed E-state index contributed by atoms with van der Waals surface area (Å²) < 4.78 is 55.5. The van der Waals surface area contributed by atoms with Gasteiger partial charge < -0.3 is 37.5 Å². The summed E-state index contributed by atoms with van der Waals surface area (Å²) in [6.45, 7) is 16.1. The van der Waals surface area contributed by atoms with E-state index in [-0.39, 0.29) is 10.8 Å². The molecule has 0 saturated heterocycles. The highest BCUT2D eigenvalue weighted by Gasteiger charge is 2.55. The van der Waals surface area contributed by atoms with Crippen LogP contribution in [0.4, 0.5) is 0 Å². The highest BCUT2D eigenvalue weighted by Crippen LogP contribution is 2.60. The second kappa shape index (κ2) is 15.3. The minimum absolute atomic E-state index is 0.357. The molecule has 0 atom stereocenters. The summed E-state index contributed by atoms with van der Waals surface area (Å²) in [5, 5.41) is 4.17. The van der Waals surface area contributed by atoms with Crippen molar-refractivity contribution in [3.8, 4) is 46.0 Å². The van der Waals surface area contributed by atoms with E-state index >= 15 is 0 Å². The third-order valence-electron chi connectivity index (χ3n) is 13.9. The second-order valence-electron chi connectivity index (χ2n) is 19.7. The molecular formula is C55H54O8P2. The van der Waals surface area contributed by atoms with Crippen molar-refractivity contribution in [3.63, 3.8) is 0 Å². The van der Waals surface area contributed by atoms with Crippen molar-refractivity contribution in [1.82, 2.24) is 0 Å². The molecule has 0 aliphatic carbocycles. The van der Waals surface area contributed by atoms with Crippen molar-refractivity contribution >= 4 is 37.5 Å². The standard InChI is InChI=1S/C55H54O8P2/c1-33-27-39-51(41(29-33)62-64(43-15-7-11-35-19-23-56-47(35)43)44-16-8-12-36-20-24-57-48(36)44)60-55(31-53(39,3)4)32-54(5,6)40-28-34(2)30-42(52(40)61-55)63-65(45-17-9-13-37-21-25-58-49(37)45)46-18-10-14-38-22-26-59-50(38)46/h7-18,27-30H,19-26,31-32H2,1-6H3. The van der Waals surface area contributed by atoms with Crippen LogP contribution in [0.15, 0.2) is 97.1 Å². The topological polar surface area (TPSA) is 73.8 Å². The first-order valence-electron chi connectivity index (χ1n) is 23.1. The number of benzene rings is 6. The Balaban J connectivity index is 0.975. The predicted molar refractivity (Wildman–Crippen MR) is 258 cm³/mol. The lowest BCUT2D eigenvalue weighted by molar-refractivity contribution is -0.167. The summed E-state index contributed by atoms with van der Waals surface area (Å²) in [7, 11) is -2.92. The highest BCUT2D eigenvalue weighted by molar-refractivity contribution is 7.69. The van der Waals surface area contributed by atoms with Crippen LogP contribution in [0.3, 0.4) is 0 Å². The SMILES string of the molecule is Cc1cc(OP(c2cccc3c2OCC3)c2cccc3c2OCC3)c2c(c1)C(C)(C)CC1(CC(C)(C)c3cc(C)cc(OP(c4cccc5c4OCC5)c4cccc5c4OCC5)c3O1)O2. The van der Waals surface area contributed by atoms with Crippen LogP contribution in [0.1, 0.15) is 85.0 Å². The average molecular weight is 905 g/mol. The maximum absolute atomic E-state index is 7.52. The molecule has 6 aliphatic rings. The molecule has 8 nitrogen and oxygen atoms in total. The van der Waals surface area contributed by atoms with E-state index in [9.17, 15) is 0 Å². The third-order valence-corrected chi connectivity index (χ3v) is 17.8. The summed E-state index contributed by atoms with van der Waals surface area (Å²) >= 11 is 0. The zero-order valence-corrected chi connectivity index (χ0v) is 39.8. The molecule has 6 aromatic rings. The van der Waals surface area contributed by atoms with Crippen LogP contribution in [0.25, 0.3) is 0 Å². The van der Waals surface area contributed by atoms with Crippen LogP contribution >= 0.6 is 16.3 Å². The molecule has 6 aromatic carbocycles. The van der Waals surface area contributed by atoms with E-state index in [0.29, 0.717) is 62.3 Å². The fourth-order valence-corrected chi connectivity index (χ4v) is 15.1. The first-order valence-corrected chi connectivity index (χ1v) is 25.6. The van der Waals surface area contributed by atoms with Crippen molar-refractivity contribution < 1.29 is 37.5 Å². The molecule has 0 amide bonds. The van der Waals surface area contributed by atoms with Crippen molar-refractivity contribution in [2.75, 3.05) is 26.4 Å². The molecule has 12 rings (SSSR count). The maximum Gasteiger partial charge on any atom is 0.253 e. The Labute approximate surface area is 384 Å². The van der Waals surface area contributed by atoms with Gasteiger partial charge in [0.25, 0.3) is 5.79 Å². The zero-order valence-electron chi connectivity index (χ0n) is 38.0. The van der Waals surface area contributed by atoms with Crippen LogP contribution < -0.4 is 58.7 Å². The van der Waals surface area contributed by atoms with Gasteiger partial charge in [0.1, 0.15) is 23.0 Å². The summed E-state index contributed by atoms with van der Waals surface area (Å²) in [6.07, 6.45) is 4.74. The predicted octanol–water partition coefficient (Wildman–Crippen LogP) is 10.4. The Hall–Kier alpha value is -5.42. The van der Waals surface area contributed by atoms with Gasteiger partial charge in [0, 0.05) is 60.5 Å². The van der Waals surface area contributed by atoms with E-state index in [1.807, 2.05) is 0 Å². The normalized spacial score (nSPS) is 18.5. The van der Waals surface area contributed by atoms with Crippen molar-refractivity contribution in [1.29, 1.82) is 0 Å². The molecule has 0 aromatic heterocycles. The Bertz CT molecular complexity index is 2610. The lowest BCUT2D eigenvalue weighted by atomic mass is 9.69. The molecule has 1 spiro atoms. The van der Waals surface area contributed by atoms with Crippen LogP contribution in [0, 0.1) is 13.8 Å². The van der Waals surface area contributed by atoms with Gasteiger partial charge in [0.05, 0.1) is 47.6 Å². The summed E-state index contributed by atoms with van der Waals surface area (Å²) in [4.78, 5) is 0. The Morgan fingerprint density at radius 3 is 1.08 bits per heavy atom.